The van der Waals surface area contributed by atoms with Crippen molar-refractivity contribution >= 4 is 45.3 Å². The van der Waals surface area contributed by atoms with Crippen LogP contribution in [0, 0.1) is 6.92 Å². The average Bonchev–Trinajstić information content (AvgIpc) is 3.11. The zero-order valence-corrected chi connectivity index (χ0v) is 16.2. The van der Waals surface area contributed by atoms with Gasteiger partial charge in [-0.3, -0.25) is 9.69 Å². The van der Waals surface area contributed by atoms with Crippen molar-refractivity contribution in [3.63, 3.8) is 0 Å². The number of aliphatic hydroxyl groups is 1. The number of aromatic amines is 1. The summed E-state index contributed by atoms with van der Waals surface area (Å²) in [6.45, 7) is 4.02. The number of hydrogen-bond acceptors (Lipinski definition) is 6. The summed E-state index contributed by atoms with van der Waals surface area (Å²) in [6, 6.07) is 7.64. The third-order valence-electron chi connectivity index (χ3n) is 4.17. The highest BCUT2D eigenvalue weighted by molar-refractivity contribution is 7.18. The number of aliphatic hydroxyl groups excluding tert-OH is 1. The molecular formula is C18H21ClN4O2S. The Bertz CT molecular complexity index is 902. The lowest BCUT2D eigenvalue weighted by atomic mass is 10.1. The van der Waals surface area contributed by atoms with Gasteiger partial charge in [0.15, 0.2) is 6.29 Å². The van der Waals surface area contributed by atoms with Gasteiger partial charge < -0.3 is 15.4 Å². The minimum atomic E-state index is -0.215. The average molecular weight is 393 g/mol. The molecule has 3 aromatic rings. The van der Waals surface area contributed by atoms with Gasteiger partial charge in [-0.25, -0.2) is 4.98 Å². The Morgan fingerprint density at radius 1 is 1.46 bits per heavy atom. The highest BCUT2D eigenvalue weighted by Gasteiger charge is 2.26. The number of aromatic nitrogens is 2. The fraction of sp³-hybridized carbons (Fsp3) is 0.333. The maximum absolute atomic E-state index is 11.0. The Morgan fingerprint density at radius 2 is 2.19 bits per heavy atom. The van der Waals surface area contributed by atoms with Gasteiger partial charge in [-0.15, -0.1) is 11.3 Å². The molecule has 0 saturated carbocycles. The molecule has 0 unspecified atom stereocenters. The van der Waals surface area contributed by atoms with E-state index in [1.165, 1.54) is 0 Å². The molecule has 0 aliphatic carbocycles. The number of fused-ring (bicyclic) bond motifs is 1. The Labute approximate surface area is 160 Å². The number of nitrogens with zero attached hydrogens (tertiary/aromatic N) is 2. The number of H-pyrrole nitrogens is 1. The molecule has 0 amide bonds. The number of aldehydes is 1. The molecule has 0 atom stereocenters. The van der Waals surface area contributed by atoms with Gasteiger partial charge in [0.25, 0.3) is 0 Å². The van der Waals surface area contributed by atoms with Gasteiger partial charge in [-0.1, -0.05) is 23.7 Å². The summed E-state index contributed by atoms with van der Waals surface area (Å²) in [5.41, 5.74) is 3.39. The summed E-state index contributed by atoms with van der Waals surface area (Å²) >= 11 is 7.36. The molecule has 1 aliphatic rings. The number of halogens is 1. The van der Waals surface area contributed by atoms with Crippen LogP contribution in [-0.4, -0.2) is 52.5 Å². The van der Waals surface area contributed by atoms with Crippen LogP contribution in [0.5, 0.6) is 0 Å². The van der Waals surface area contributed by atoms with E-state index in [0.717, 1.165) is 37.9 Å². The number of rotatable bonds is 4. The normalized spacial score (nSPS) is 14.6. The van der Waals surface area contributed by atoms with Crippen LogP contribution in [-0.2, 0) is 6.54 Å². The molecule has 2 aromatic heterocycles. The Morgan fingerprint density at radius 3 is 2.77 bits per heavy atom. The SMILES string of the molecule is CNc1ccccc1Cl.Cc1nc2[nH]c(C=O)c(CN3CC(O)C3)c2s1. The molecule has 26 heavy (non-hydrogen) atoms. The van der Waals surface area contributed by atoms with Crippen LogP contribution >= 0.6 is 22.9 Å². The lowest BCUT2D eigenvalue weighted by Gasteiger charge is -2.35. The zero-order chi connectivity index (χ0) is 18.7. The Hall–Kier alpha value is -1.93. The Kier molecular flexibility index (Phi) is 5.93. The first-order valence-corrected chi connectivity index (χ1v) is 9.47. The summed E-state index contributed by atoms with van der Waals surface area (Å²) < 4.78 is 1.06. The van der Waals surface area contributed by atoms with Crippen molar-refractivity contribution in [3.8, 4) is 0 Å². The van der Waals surface area contributed by atoms with Crippen LogP contribution in [0.2, 0.25) is 5.02 Å². The monoisotopic (exact) mass is 392 g/mol. The van der Waals surface area contributed by atoms with Crippen LogP contribution in [0.1, 0.15) is 21.1 Å². The summed E-state index contributed by atoms with van der Waals surface area (Å²) in [4.78, 5) is 20.5. The minimum absolute atomic E-state index is 0.215. The smallest absolute Gasteiger partial charge is 0.166 e. The van der Waals surface area contributed by atoms with E-state index in [0.29, 0.717) is 25.3 Å². The van der Waals surface area contributed by atoms with Crippen LogP contribution in [0.4, 0.5) is 5.69 Å². The molecule has 3 N–H and O–H groups in total. The molecular weight excluding hydrogens is 372 g/mol. The first-order valence-electron chi connectivity index (χ1n) is 8.27. The number of hydrogen-bond donors (Lipinski definition) is 3. The number of β-amino-alcohol motifs (C(OH)–C–C–N with tert-alkyl or cyclic N) is 1. The lowest BCUT2D eigenvalue weighted by Crippen LogP contribution is -2.49. The van der Waals surface area contributed by atoms with Gasteiger partial charge >= 0.3 is 0 Å². The van der Waals surface area contributed by atoms with E-state index in [2.05, 4.69) is 20.2 Å². The van der Waals surface area contributed by atoms with E-state index in [9.17, 15) is 9.90 Å². The maximum Gasteiger partial charge on any atom is 0.166 e. The number of carbonyl (C=O) groups excluding carboxylic acids is 1. The first kappa shape index (κ1) is 18.8. The van der Waals surface area contributed by atoms with E-state index < -0.39 is 0 Å². The van der Waals surface area contributed by atoms with Crippen molar-refractivity contribution in [1.29, 1.82) is 0 Å². The largest absolute Gasteiger partial charge is 0.390 e. The molecule has 6 nitrogen and oxygen atoms in total. The zero-order valence-electron chi connectivity index (χ0n) is 14.6. The third-order valence-corrected chi connectivity index (χ3v) is 5.53. The molecule has 1 saturated heterocycles. The van der Waals surface area contributed by atoms with Crippen LogP contribution in [0.25, 0.3) is 10.3 Å². The third kappa shape index (κ3) is 4.07. The second kappa shape index (κ2) is 8.18. The molecule has 138 valence electrons. The first-order chi connectivity index (χ1) is 12.5. The van der Waals surface area contributed by atoms with Gasteiger partial charge in [-0.2, -0.15) is 0 Å². The van der Waals surface area contributed by atoms with E-state index in [1.54, 1.807) is 11.3 Å². The van der Waals surface area contributed by atoms with Gasteiger partial charge in [0.1, 0.15) is 5.65 Å². The molecule has 1 aromatic carbocycles. The number of benzene rings is 1. The summed E-state index contributed by atoms with van der Waals surface area (Å²) in [7, 11) is 1.85. The highest BCUT2D eigenvalue weighted by atomic mass is 35.5. The van der Waals surface area contributed by atoms with E-state index in [1.807, 2.05) is 38.2 Å². The molecule has 0 radical (unpaired) electrons. The molecule has 0 spiro atoms. The molecule has 4 rings (SSSR count). The number of anilines is 1. The minimum Gasteiger partial charge on any atom is -0.390 e. The van der Waals surface area contributed by atoms with Crippen molar-refractivity contribution in [3.05, 3.63) is 45.6 Å². The standard InChI is InChI=1S/C11H13N3O2S.C7H8ClN/c1-6-12-11-10(17-6)8(9(5-15)13-11)4-14-2-7(16)3-14;1-9-7-5-3-2-4-6(7)8/h5,7,13,16H,2-4H2,1H3;2-5,9H,1H3. The van der Waals surface area contributed by atoms with Crippen molar-refractivity contribution in [2.24, 2.45) is 0 Å². The number of aryl methyl sites for hydroxylation is 1. The lowest BCUT2D eigenvalue weighted by molar-refractivity contribution is -0.00267. The predicted octanol–water partition coefficient (Wildman–Crippen LogP) is 3.30. The van der Waals surface area contributed by atoms with Crippen LogP contribution in [0.3, 0.4) is 0 Å². The van der Waals surface area contributed by atoms with Gasteiger partial charge in [0, 0.05) is 32.2 Å². The van der Waals surface area contributed by atoms with Crippen molar-refractivity contribution in [1.82, 2.24) is 14.9 Å². The van der Waals surface area contributed by atoms with Gasteiger partial charge in [0.2, 0.25) is 0 Å². The number of nitrogens with one attached hydrogen (secondary N) is 2. The van der Waals surface area contributed by atoms with E-state index in [4.69, 9.17) is 11.6 Å². The van der Waals surface area contributed by atoms with Crippen molar-refractivity contribution in [2.75, 3.05) is 25.5 Å². The quantitative estimate of drug-likeness (QED) is 0.593. The Balaban J connectivity index is 0.000000185. The summed E-state index contributed by atoms with van der Waals surface area (Å²) in [6.07, 6.45) is 0.627. The topological polar surface area (TPSA) is 81.2 Å². The van der Waals surface area contributed by atoms with Gasteiger partial charge in [-0.05, 0) is 19.1 Å². The highest BCUT2D eigenvalue weighted by Crippen LogP contribution is 2.29. The summed E-state index contributed by atoms with van der Waals surface area (Å²) in [5, 5.41) is 14.0. The number of likely N-dealkylation sites (tertiary alicyclic amines) is 1. The number of carbonyl (C=O) groups is 1. The van der Waals surface area contributed by atoms with E-state index in [-0.39, 0.29) is 6.10 Å². The van der Waals surface area contributed by atoms with Gasteiger partial charge in [0.05, 0.1) is 32.2 Å². The maximum atomic E-state index is 11.0. The van der Waals surface area contributed by atoms with Crippen molar-refractivity contribution in [2.45, 2.75) is 19.6 Å². The van der Waals surface area contributed by atoms with E-state index >= 15 is 0 Å². The van der Waals surface area contributed by atoms with Crippen molar-refractivity contribution < 1.29 is 9.90 Å². The molecule has 3 heterocycles. The summed E-state index contributed by atoms with van der Waals surface area (Å²) in [5.74, 6) is 0. The second-order valence-electron chi connectivity index (χ2n) is 6.12. The number of thiazole rings is 1. The number of para-hydroxylation sites is 1. The second-order valence-corrected chi connectivity index (χ2v) is 7.73. The fourth-order valence-electron chi connectivity index (χ4n) is 2.86. The molecule has 0 bridgehead atoms. The molecule has 8 heteroatoms. The molecule has 1 aliphatic heterocycles. The fourth-order valence-corrected chi connectivity index (χ4v) is 4.01. The van der Waals surface area contributed by atoms with Crippen LogP contribution in [0.15, 0.2) is 24.3 Å². The molecule has 1 fully saturated rings. The predicted molar refractivity (Wildman–Crippen MR) is 106 cm³/mol. The van der Waals surface area contributed by atoms with Crippen LogP contribution < -0.4 is 5.32 Å².